The van der Waals surface area contributed by atoms with Gasteiger partial charge >= 0.3 is 6.18 Å². The van der Waals surface area contributed by atoms with Crippen LogP contribution in [-0.2, 0) is 6.18 Å². The van der Waals surface area contributed by atoms with Gasteiger partial charge in [0.05, 0.1) is 5.56 Å². The molecule has 110 valence electrons. The van der Waals surface area contributed by atoms with Gasteiger partial charge in [-0.25, -0.2) is 0 Å². The molecule has 0 bridgehead atoms. The largest absolute Gasteiger partial charge is 0.416 e. The van der Waals surface area contributed by atoms with E-state index >= 15 is 0 Å². The number of carbonyl (C=O) groups excluding carboxylic acids is 1. The third-order valence-corrected chi connectivity index (χ3v) is 3.13. The van der Waals surface area contributed by atoms with Crippen LogP contribution in [-0.4, -0.2) is 10.9 Å². The number of alkyl halides is 3. The van der Waals surface area contributed by atoms with Gasteiger partial charge in [-0.15, -0.1) is 0 Å². The molecule has 2 aromatic rings. The van der Waals surface area contributed by atoms with Gasteiger partial charge in [-0.05, 0) is 30.3 Å². The first-order valence-corrected chi connectivity index (χ1v) is 6.73. The summed E-state index contributed by atoms with van der Waals surface area (Å²) in [5.74, 6) is -0.649. The van der Waals surface area contributed by atoms with Crippen molar-refractivity contribution >= 4 is 39.1 Å². The van der Waals surface area contributed by atoms with E-state index in [1.807, 2.05) is 0 Å². The van der Waals surface area contributed by atoms with E-state index in [-0.39, 0.29) is 15.9 Å². The number of amides is 1. The summed E-state index contributed by atoms with van der Waals surface area (Å²) in [5.41, 5.74) is -0.856. The van der Waals surface area contributed by atoms with Crippen molar-refractivity contribution in [2.75, 3.05) is 5.32 Å². The Morgan fingerprint density at radius 3 is 2.57 bits per heavy atom. The summed E-state index contributed by atoms with van der Waals surface area (Å²) in [4.78, 5) is 15.7. The van der Waals surface area contributed by atoms with Crippen LogP contribution in [0.5, 0.6) is 0 Å². The minimum atomic E-state index is -4.50. The summed E-state index contributed by atoms with van der Waals surface area (Å²) in [5, 5.41) is 2.65. The van der Waals surface area contributed by atoms with Crippen molar-refractivity contribution in [1.82, 2.24) is 4.98 Å². The Bertz CT molecular complexity index is 691. The fraction of sp³-hybridized carbons (Fsp3) is 0.0769. The van der Waals surface area contributed by atoms with Crippen molar-refractivity contribution in [3.63, 3.8) is 0 Å². The van der Waals surface area contributed by atoms with Crippen molar-refractivity contribution in [2.45, 2.75) is 6.18 Å². The van der Waals surface area contributed by atoms with Gasteiger partial charge in [0.1, 0.15) is 5.69 Å². The fourth-order valence-electron chi connectivity index (χ4n) is 1.55. The molecular formula is C13H7BrClF3N2O. The van der Waals surface area contributed by atoms with Gasteiger partial charge in [0.15, 0.2) is 0 Å². The first-order chi connectivity index (χ1) is 9.75. The summed E-state index contributed by atoms with van der Waals surface area (Å²) in [7, 11) is 0. The quantitative estimate of drug-likeness (QED) is 0.817. The van der Waals surface area contributed by atoms with E-state index in [9.17, 15) is 18.0 Å². The zero-order chi connectivity index (χ0) is 15.6. The number of anilines is 1. The van der Waals surface area contributed by atoms with Crippen LogP contribution in [0, 0.1) is 0 Å². The molecule has 1 aromatic heterocycles. The number of aromatic nitrogens is 1. The maximum absolute atomic E-state index is 12.7. The monoisotopic (exact) mass is 378 g/mol. The average Bonchev–Trinajstić information content (AvgIpc) is 2.37. The third-order valence-electron chi connectivity index (χ3n) is 2.44. The molecule has 21 heavy (non-hydrogen) atoms. The van der Waals surface area contributed by atoms with Gasteiger partial charge in [0.25, 0.3) is 5.91 Å². The summed E-state index contributed by atoms with van der Waals surface area (Å²) in [6.07, 6.45) is -3.17. The molecule has 1 aromatic carbocycles. The zero-order valence-electron chi connectivity index (χ0n) is 10.2. The smallest absolute Gasteiger partial charge is 0.321 e. The molecule has 0 fully saturated rings. The van der Waals surface area contributed by atoms with Crippen LogP contribution in [0.25, 0.3) is 0 Å². The van der Waals surface area contributed by atoms with Crippen molar-refractivity contribution in [3.05, 3.63) is 57.3 Å². The Labute approximate surface area is 131 Å². The Balaban J connectivity index is 2.27. The Kier molecular flexibility index (Phi) is 4.53. The molecule has 0 radical (unpaired) electrons. The number of hydrogen-bond donors (Lipinski definition) is 1. The molecule has 3 nitrogen and oxygen atoms in total. The van der Waals surface area contributed by atoms with Gasteiger partial charge in [0, 0.05) is 21.4 Å². The molecule has 0 aliphatic rings. The molecular weight excluding hydrogens is 373 g/mol. The van der Waals surface area contributed by atoms with Crippen molar-refractivity contribution in [2.24, 2.45) is 0 Å². The molecule has 1 N–H and O–H groups in total. The number of nitrogens with zero attached hydrogens (tertiary/aromatic N) is 1. The number of nitrogens with one attached hydrogen (secondary N) is 1. The molecule has 0 aliphatic heterocycles. The summed E-state index contributed by atoms with van der Waals surface area (Å²) < 4.78 is 38.3. The molecule has 8 heteroatoms. The highest BCUT2D eigenvalue weighted by atomic mass is 79.9. The zero-order valence-corrected chi connectivity index (χ0v) is 12.6. The number of hydrogen-bond acceptors (Lipinski definition) is 2. The summed E-state index contributed by atoms with van der Waals surface area (Å²) in [6.45, 7) is 0. The van der Waals surface area contributed by atoms with E-state index in [4.69, 9.17) is 11.6 Å². The topological polar surface area (TPSA) is 42.0 Å². The lowest BCUT2D eigenvalue weighted by Crippen LogP contribution is -2.14. The van der Waals surface area contributed by atoms with Gasteiger partial charge < -0.3 is 5.32 Å². The molecule has 0 aliphatic carbocycles. The summed E-state index contributed by atoms with van der Waals surface area (Å²) in [6, 6.07) is 5.93. The fourth-order valence-corrected chi connectivity index (χ4v) is 2.20. The van der Waals surface area contributed by atoms with Gasteiger partial charge in [0.2, 0.25) is 0 Å². The minimum absolute atomic E-state index is 0.00322. The van der Waals surface area contributed by atoms with E-state index in [1.165, 1.54) is 24.4 Å². The van der Waals surface area contributed by atoms with Gasteiger partial charge in [-0.3, -0.25) is 9.78 Å². The van der Waals surface area contributed by atoms with Crippen LogP contribution in [0.4, 0.5) is 18.9 Å². The normalized spacial score (nSPS) is 11.3. The van der Waals surface area contributed by atoms with Gasteiger partial charge in [-0.2, -0.15) is 13.2 Å². The molecule has 0 unspecified atom stereocenters. The predicted octanol–water partition coefficient (Wildman–Crippen LogP) is 4.77. The molecule has 0 atom stereocenters. The van der Waals surface area contributed by atoms with Gasteiger partial charge in [-0.1, -0.05) is 27.5 Å². The third kappa shape index (κ3) is 4.18. The number of halogens is 5. The highest BCUT2D eigenvalue weighted by Crippen LogP contribution is 2.33. The highest BCUT2D eigenvalue weighted by molar-refractivity contribution is 9.10. The van der Waals surface area contributed by atoms with Crippen LogP contribution in [0.15, 0.2) is 41.0 Å². The van der Waals surface area contributed by atoms with Crippen molar-refractivity contribution in [1.29, 1.82) is 0 Å². The lowest BCUT2D eigenvalue weighted by atomic mass is 10.2. The second kappa shape index (κ2) is 6.03. The number of carbonyl (C=O) groups is 1. The number of rotatable bonds is 2. The summed E-state index contributed by atoms with van der Waals surface area (Å²) >= 11 is 8.70. The van der Waals surface area contributed by atoms with Crippen LogP contribution < -0.4 is 5.32 Å². The van der Waals surface area contributed by atoms with Crippen LogP contribution in [0.3, 0.4) is 0 Å². The molecule has 1 amide bonds. The Morgan fingerprint density at radius 2 is 1.95 bits per heavy atom. The van der Waals surface area contributed by atoms with E-state index < -0.39 is 17.6 Å². The minimum Gasteiger partial charge on any atom is -0.321 e. The van der Waals surface area contributed by atoms with Crippen LogP contribution in [0.2, 0.25) is 5.02 Å². The molecule has 1 heterocycles. The number of benzene rings is 1. The van der Waals surface area contributed by atoms with E-state index in [0.717, 1.165) is 12.1 Å². The SMILES string of the molecule is O=C(Nc1cc(Br)cc(C(F)(F)F)c1)c1cc(Cl)ccn1. The molecule has 0 spiro atoms. The Hall–Kier alpha value is -1.60. The molecule has 2 rings (SSSR count). The lowest BCUT2D eigenvalue weighted by Gasteiger charge is -2.11. The lowest BCUT2D eigenvalue weighted by molar-refractivity contribution is -0.137. The average molecular weight is 380 g/mol. The standard InChI is InChI=1S/C13H7BrClF3N2O/c14-8-3-7(13(16,17)18)4-10(5-8)20-12(21)11-6-9(15)1-2-19-11/h1-6H,(H,20,21). The van der Waals surface area contributed by atoms with Crippen molar-refractivity contribution < 1.29 is 18.0 Å². The van der Waals surface area contributed by atoms with Crippen LogP contribution >= 0.6 is 27.5 Å². The first kappa shape index (κ1) is 15.8. The van der Waals surface area contributed by atoms with E-state index in [2.05, 4.69) is 26.2 Å². The second-order valence-electron chi connectivity index (χ2n) is 4.04. The highest BCUT2D eigenvalue weighted by Gasteiger charge is 2.31. The first-order valence-electron chi connectivity index (χ1n) is 5.56. The van der Waals surface area contributed by atoms with E-state index in [1.54, 1.807) is 0 Å². The molecule has 0 saturated heterocycles. The van der Waals surface area contributed by atoms with Crippen molar-refractivity contribution in [3.8, 4) is 0 Å². The second-order valence-corrected chi connectivity index (χ2v) is 5.39. The maximum Gasteiger partial charge on any atom is 0.416 e. The molecule has 0 saturated carbocycles. The van der Waals surface area contributed by atoms with Crippen LogP contribution in [0.1, 0.15) is 16.1 Å². The number of pyridine rings is 1. The predicted molar refractivity (Wildman–Crippen MR) is 76.3 cm³/mol. The maximum atomic E-state index is 12.7. The Morgan fingerprint density at radius 1 is 1.24 bits per heavy atom. The van der Waals surface area contributed by atoms with E-state index in [0.29, 0.717) is 5.02 Å².